The third-order valence-corrected chi connectivity index (χ3v) is 4.11. The minimum Gasteiger partial charge on any atom is -0.381 e. The second kappa shape index (κ2) is 7.46. The topological polar surface area (TPSA) is 24.5 Å². The van der Waals surface area contributed by atoms with Gasteiger partial charge in [0.2, 0.25) is 0 Å². The lowest BCUT2D eigenvalue weighted by atomic mass is 10.1. The van der Waals surface area contributed by atoms with Crippen molar-refractivity contribution >= 4 is 0 Å². The van der Waals surface area contributed by atoms with Gasteiger partial charge in [-0.3, -0.25) is 4.90 Å². The fourth-order valence-corrected chi connectivity index (χ4v) is 2.65. The predicted octanol–water partition coefficient (Wildman–Crippen LogP) is 2.27. The number of ether oxygens (including phenoxy) is 1. The van der Waals surface area contributed by atoms with Crippen molar-refractivity contribution in [3.05, 3.63) is 0 Å². The maximum Gasteiger partial charge on any atom is 0.0480 e. The highest BCUT2D eigenvalue weighted by molar-refractivity contribution is 4.85. The first-order chi connectivity index (χ1) is 8.75. The standard InChI is InChI=1S/C15H30N2O/c1-13(2)5-9-17(15-3-4-15)10-8-16-14-6-11-18-12-7-14/h13-16H,3-12H2,1-2H3. The summed E-state index contributed by atoms with van der Waals surface area (Å²) in [6.45, 7) is 10.2. The monoisotopic (exact) mass is 254 g/mol. The van der Waals surface area contributed by atoms with Gasteiger partial charge < -0.3 is 10.1 Å². The third-order valence-electron chi connectivity index (χ3n) is 4.11. The van der Waals surface area contributed by atoms with Crippen LogP contribution >= 0.6 is 0 Å². The molecule has 0 aromatic rings. The summed E-state index contributed by atoms with van der Waals surface area (Å²) in [6.07, 6.45) is 6.57. The largest absolute Gasteiger partial charge is 0.381 e. The Morgan fingerprint density at radius 3 is 2.44 bits per heavy atom. The summed E-state index contributed by atoms with van der Waals surface area (Å²) in [6, 6.07) is 1.60. The molecule has 0 unspecified atom stereocenters. The van der Waals surface area contributed by atoms with Crippen LogP contribution in [0.15, 0.2) is 0 Å². The molecule has 1 aliphatic heterocycles. The van der Waals surface area contributed by atoms with Gasteiger partial charge in [-0.2, -0.15) is 0 Å². The molecule has 1 saturated carbocycles. The Kier molecular flexibility index (Phi) is 5.93. The zero-order valence-corrected chi connectivity index (χ0v) is 12.2. The number of hydrogen-bond donors (Lipinski definition) is 1. The summed E-state index contributed by atoms with van der Waals surface area (Å²) < 4.78 is 5.39. The quantitative estimate of drug-likeness (QED) is 0.719. The van der Waals surface area contributed by atoms with E-state index in [9.17, 15) is 0 Å². The van der Waals surface area contributed by atoms with Crippen LogP contribution in [0, 0.1) is 5.92 Å². The van der Waals surface area contributed by atoms with Crippen LogP contribution < -0.4 is 5.32 Å². The molecule has 0 aromatic carbocycles. The summed E-state index contributed by atoms with van der Waals surface area (Å²) in [5.74, 6) is 0.828. The third kappa shape index (κ3) is 5.25. The minimum absolute atomic E-state index is 0.699. The molecule has 1 aliphatic carbocycles. The molecular weight excluding hydrogens is 224 g/mol. The molecule has 0 aromatic heterocycles. The Morgan fingerprint density at radius 2 is 1.83 bits per heavy atom. The van der Waals surface area contributed by atoms with Crippen LogP contribution in [-0.2, 0) is 4.74 Å². The molecule has 1 saturated heterocycles. The number of rotatable bonds is 8. The maximum atomic E-state index is 5.39. The average Bonchev–Trinajstić information content (AvgIpc) is 3.19. The van der Waals surface area contributed by atoms with Gasteiger partial charge >= 0.3 is 0 Å². The molecule has 2 aliphatic rings. The summed E-state index contributed by atoms with van der Waals surface area (Å²) in [7, 11) is 0. The predicted molar refractivity (Wildman–Crippen MR) is 75.9 cm³/mol. The lowest BCUT2D eigenvalue weighted by molar-refractivity contribution is 0.0770. The van der Waals surface area contributed by atoms with E-state index >= 15 is 0 Å². The van der Waals surface area contributed by atoms with Gasteiger partial charge in [0.15, 0.2) is 0 Å². The average molecular weight is 254 g/mol. The molecular formula is C15H30N2O. The zero-order valence-electron chi connectivity index (χ0n) is 12.2. The van der Waals surface area contributed by atoms with E-state index in [4.69, 9.17) is 4.74 Å². The highest BCUT2D eigenvalue weighted by Crippen LogP contribution is 2.27. The lowest BCUT2D eigenvalue weighted by Crippen LogP contribution is -2.41. The molecule has 3 heteroatoms. The molecule has 1 heterocycles. The van der Waals surface area contributed by atoms with Gasteiger partial charge in [0.1, 0.15) is 0 Å². The van der Waals surface area contributed by atoms with Crippen molar-refractivity contribution in [2.24, 2.45) is 5.92 Å². The molecule has 0 atom stereocenters. The normalized spacial score (nSPS) is 22.0. The van der Waals surface area contributed by atoms with Crippen molar-refractivity contribution in [3.8, 4) is 0 Å². The number of hydrogen-bond acceptors (Lipinski definition) is 3. The molecule has 18 heavy (non-hydrogen) atoms. The fraction of sp³-hybridized carbons (Fsp3) is 1.00. The molecule has 3 nitrogen and oxygen atoms in total. The van der Waals surface area contributed by atoms with Crippen molar-refractivity contribution in [1.29, 1.82) is 0 Å². The maximum absolute atomic E-state index is 5.39. The number of nitrogens with zero attached hydrogens (tertiary/aromatic N) is 1. The molecule has 106 valence electrons. The van der Waals surface area contributed by atoms with E-state index in [1.54, 1.807) is 0 Å². The Labute approximate surface area is 112 Å². The first kappa shape index (κ1) is 14.3. The summed E-state index contributed by atoms with van der Waals surface area (Å²) >= 11 is 0. The fourth-order valence-electron chi connectivity index (χ4n) is 2.65. The first-order valence-electron chi connectivity index (χ1n) is 7.81. The van der Waals surface area contributed by atoms with Crippen LogP contribution in [-0.4, -0.2) is 49.8 Å². The van der Waals surface area contributed by atoms with Crippen LogP contribution in [0.1, 0.15) is 46.0 Å². The molecule has 1 N–H and O–H groups in total. The van der Waals surface area contributed by atoms with E-state index in [1.165, 1.54) is 45.2 Å². The van der Waals surface area contributed by atoms with E-state index < -0.39 is 0 Å². The molecule has 2 fully saturated rings. The van der Waals surface area contributed by atoms with Gasteiger partial charge in [0.25, 0.3) is 0 Å². The smallest absolute Gasteiger partial charge is 0.0480 e. The van der Waals surface area contributed by atoms with Gasteiger partial charge in [-0.1, -0.05) is 13.8 Å². The van der Waals surface area contributed by atoms with Crippen molar-refractivity contribution < 1.29 is 4.74 Å². The van der Waals surface area contributed by atoms with Crippen LogP contribution in [0.25, 0.3) is 0 Å². The second-order valence-electron chi connectivity index (χ2n) is 6.29. The van der Waals surface area contributed by atoms with Crippen molar-refractivity contribution in [2.45, 2.75) is 58.0 Å². The Bertz CT molecular complexity index is 223. The molecule has 0 spiro atoms. The van der Waals surface area contributed by atoms with Crippen LogP contribution in [0.3, 0.4) is 0 Å². The summed E-state index contributed by atoms with van der Waals surface area (Å²) in [5.41, 5.74) is 0. The van der Waals surface area contributed by atoms with E-state index in [-0.39, 0.29) is 0 Å². The van der Waals surface area contributed by atoms with E-state index in [0.717, 1.165) is 31.7 Å². The van der Waals surface area contributed by atoms with Crippen molar-refractivity contribution in [3.63, 3.8) is 0 Å². The van der Waals surface area contributed by atoms with Crippen molar-refractivity contribution in [2.75, 3.05) is 32.8 Å². The molecule has 0 radical (unpaired) electrons. The van der Waals surface area contributed by atoms with E-state index in [1.807, 2.05) is 0 Å². The highest BCUT2D eigenvalue weighted by atomic mass is 16.5. The minimum atomic E-state index is 0.699. The Hall–Kier alpha value is -0.120. The van der Waals surface area contributed by atoms with Gasteiger partial charge in [0.05, 0.1) is 0 Å². The van der Waals surface area contributed by atoms with E-state index in [0.29, 0.717) is 6.04 Å². The molecule has 0 bridgehead atoms. The van der Waals surface area contributed by atoms with Gasteiger partial charge in [0, 0.05) is 38.4 Å². The Morgan fingerprint density at radius 1 is 1.11 bits per heavy atom. The van der Waals surface area contributed by atoms with Gasteiger partial charge in [-0.25, -0.2) is 0 Å². The van der Waals surface area contributed by atoms with Crippen LogP contribution in [0.5, 0.6) is 0 Å². The van der Waals surface area contributed by atoms with Crippen LogP contribution in [0.2, 0.25) is 0 Å². The Balaban J connectivity index is 1.59. The highest BCUT2D eigenvalue weighted by Gasteiger charge is 2.28. The second-order valence-corrected chi connectivity index (χ2v) is 6.29. The SMILES string of the molecule is CC(C)CCN(CCNC1CCOCC1)C1CC1. The number of nitrogens with one attached hydrogen (secondary N) is 1. The van der Waals surface area contributed by atoms with Gasteiger partial charge in [-0.05, 0) is 44.6 Å². The zero-order chi connectivity index (χ0) is 12.8. The molecule has 0 amide bonds. The summed E-state index contributed by atoms with van der Waals surface area (Å²) in [4.78, 5) is 2.70. The molecule has 2 rings (SSSR count). The summed E-state index contributed by atoms with van der Waals surface area (Å²) in [5, 5.41) is 3.70. The van der Waals surface area contributed by atoms with Gasteiger partial charge in [-0.15, -0.1) is 0 Å². The lowest BCUT2D eigenvalue weighted by Gasteiger charge is -2.27. The first-order valence-corrected chi connectivity index (χ1v) is 7.81. The van der Waals surface area contributed by atoms with Crippen LogP contribution in [0.4, 0.5) is 0 Å². The van der Waals surface area contributed by atoms with Crippen molar-refractivity contribution in [1.82, 2.24) is 10.2 Å². The van der Waals surface area contributed by atoms with E-state index in [2.05, 4.69) is 24.1 Å².